The molecule has 1 amide bonds. The van der Waals surface area contributed by atoms with Gasteiger partial charge in [-0.1, -0.05) is 43.0 Å². The number of amides is 1. The molecular weight excluding hydrogens is 281 g/mol. The Labute approximate surface area is 124 Å². The highest BCUT2D eigenvalue weighted by molar-refractivity contribution is 6.30. The van der Waals surface area contributed by atoms with E-state index in [1.165, 1.54) is 6.42 Å². The van der Waals surface area contributed by atoms with Crippen molar-refractivity contribution in [1.82, 2.24) is 5.32 Å². The van der Waals surface area contributed by atoms with Gasteiger partial charge >= 0.3 is 0 Å². The van der Waals surface area contributed by atoms with E-state index in [0.29, 0.717) is 11.4 Å². The first-order valence-electron chi connectivity index (χ1n) is 6.83. The first-order chi connectivity index (χ1) is 9.15. The van der Waals surface area contributed by atoms with Crippen molar-refractivity contribution in [2.24, 2.45) is 0 Å². The minimum absolute atomic E-state index is 0.0415. The molecule has 1 saturated carbocycles. The van der Waals surface area contributed by atoms with E-state index in [9.17, 15) is 4.79 Å². The summed E-state index contributed by atoms with van der Waals surface area (Å²) in [6, 6.07) is 7.49. The Morgan fingerprint density at radius 2 is 1.84 bits per heavy atom. The molecule has 1 aliphatic carbocycles. The zero-order valence-corrected chi connectivity index (χ0v) is 12.4. The van der Waals surface area contributed by atoms with Crippen LogP contribution in [-0.2, 0) is 11.2 Å². The van der Waals surface area contributed by atoms with Crippen LogP contribution in [0.15, 0.2) is 24.3 Å². The second-order valence-electron chi connectivity index (χ2n) is 5.13. The molecule has 1 aliphatic rings. The Kier molecular flexibility index (Phi) is 5.53. The van der Waals surface area contributed by atoms with Crippen LogP contribution < -0.4 is 5.32 Å². The minimum Gasteiger partial charge on any atom is -0.352 e. The van der Waals surface area contributed by atoms with Crippen molar-refractivity contribution in [3.8, 4) is 0 Å². The van der Waals surface area contributed by atoms with Crippen LogP contribution in [0, 0.1) is 0 Å². The maximum Gasteiger partial charge on any atom is 0.224 e. The minimum atomic E-state index is 0.0415. The van der Waals surface area contributed by atoms with Crippen molar-refractivity contribution in [1.29, 1.82) is 0 Å². The molecule has 2 nitrogen and oxygen atoms in total. The van der Waals surface area contributed by atoms with Crippen molar-refractivity contribution in [2.75, 3.05) is 0 Å². The first kappa shape index (κ1) is 14.7. The number of halogens is 2. The van der Waals surface area contributed by atoms with E-state index in [4.69, 9.17) is 23.2 Å². The number of hydrogen-bond acceptors (Lipinski definition) is 1. The molecule has 0 bridgehead atoms. The number of alkyl halides is 1. The van der Waals surface area contributed by atoms with Gasteiger partial charge in [-0.3, -0.25) is 4.79 Å². The van der Waals surface area contributed by atoms with Crippen LogP contribution >= 0.6 is 23.2 Å². The lowest BCUT2D eigenvalue weighted by molar-refractivity contribution is -0.121. The topological polar surface area (TPSA) is 29.1 Å². The Morgan fingerprint density at radius 1 is 1.16 bits per heavy atom. The van der Waals surface area contributed by atoms with E-state index in [0.717, 1.165) is 31.2 Å². The highest BCUT2D eigenvalue weighted by Gasteiger charge is 2.23. The van der Waals surface area contributed by atoms with Crippen molar-refractivity contribution in [3.05, 3.63) is 34.9 Å². The molecule has 2 unspecified atom stereocenters. The van der Waals surface area contributed by atoms with Gasteiger partial charge in [0.05, 0.1) is 11.8 Å². The summed E-state index contributed by atoms with van der Waals surface area (Å²) >= 11 is 12.1. The third-order valence-electron chi connectivity index (χ3n) is 3.56. The molecule has 2 rings (SSSR count). The van der Waals surface area contributed by atoms with Gasteiger partial charge in [-0.05, 0) is 30.5 Å². The summed E-state index contributed by atoms with van der Waals surface area (Å²) in [6.45, 7) is 0. The fourth-order valence-corrected chi connectivity index (χ4v) is 2.94. The average molecular weight is 300 g/mol. The SMILES string of the molecule is O=C(Cc1ccc(Cl)cc1)NC1CCCCCC1Cl. The van der Waals surface area contributed by atoms with Crippen LogP contribution in [0.3, 0.4) is 0 Å². The quantitative estimate of drug-likeness (QED) is 0.665. The number of rotatable bonds is 3. The van der Waals surface area contributed by atoms with Crippen molar-refractivity contribution < 1.29 is 4.79 Å². The maximum absolute atomic E-state index is 12.0. The van der Waals surface area contributed by atoms with E-state index < -0.39 is 0 Å². The Balaban J connectivity index is 1.87. The smallest absolute Gasteiger partial charge is 0.224 e. The zero-order chi connectivity index (χ0) is 13.7. The van der Waals surface area contributed by atoms with Gasteiger partial charge in [-0.15, -0.1) is 11.6 Å². The lowest BCUT2D eigenvalue weighted by atomic mass is 10.1. The Bertz CT molecular complexity index is 419. The molecule has 104 valence electrons. The number of hydrogen-bond donors (Lipinski definition) is 1. The fraction of sp³-hybridized carbons (Fsp3) is 0.533. The number of carbonyl (C=O) groups excluding carboxylic acids is 1. The predicted molar refractivity (Wildman–Crippen MR) is 79.8 cm³/mol. The summed E-state index contributed by atoms with van der Waals surface area (Å²) in [5.74, 6) is 0.0415. The molecule has 0 spiro atoms. The van der Waals surface area contributed by atoms with E-state index in [1.54, 1.807) is 12.1 Å². The molecule has 0 heterocycles. The normalized spacial score (nSPS) is 23.7. The van der Waals surface area contributed by atoms with Gasteiger partial charge < -0.3 is 5.32 Å². The Hall–Kier alpha value is -0.730. The van der Waals surface area contributed by atoms with Crippen LogP contribution in [0.2, 0.25) is 5.02 Å². The van der Waals surface area contributed by atoms with Gasteiger partial charge in [0.2, 0.25) is 5.91 Å². The van der Waals surface area contributed by atoms with Crippen molar-refractivity contribution in [2.45, 2.75) is 49.9 Å². The molecule has 1 fully saturated rings. The van der Waals surface area contributed by atoms with Crippen molar-refractivity contribution in [3.63, 3.8) is 0 Å². The van der Waals surface area contributed by atoms with Gasteiger partial charge in [0, 0.05) is 11.1 Å². The molecule has 0 aromatic heterocycles. The summed E-state index contributed by atoms with van der Waals surface area (Å²) < 4.78 is 0. The second-order valence-corrected chi connectivity index (χ2v) is 6.13. The van der Waals surface area contributed by atoms with Crippen LogP contribution in [0.25, 0.3) is 0 Å². The third-order valence-corrected chi connectivity index (χ3v) is 4.33. The van der Waals surface area contributed by atoms with Crippen LogP contribution in [0.4, 0.5) is 0 Å². The molecule has 1 aromatic carbocycles. The first-order valence-corrected chi connectivity index (χ1v) is 7.64. The van der Waals surface area contributed by atoms with Gasteiger partial charge in [0.25, 0.3) is 0 Å². The van der Waals surface area contributed by atoms with Gasteiger partial charge in [0.15, 0.2) is 0 Å². The molecule has 4 heteroatoms. The van der Waals surface area contributed by atoms with E-state index in [2.05, 4.69) is 5.32 Å². The molecule has 1 aromatic rings. The summed E-state index contributed by atoms with van der Waals surface area (Å²) in [7, 11) is 0. The Morgan fingerprint density at radius 3 is 2.58 bits per heavy atom. The number of carbonyl (C=O) groups is 1. The second kappa shape index (κ2) is 7.16. The standard InChI is InChI=1S/C15H19Cl2NO/c16-12-8-6-11(7-9-12)10-15(19)18-14-5-3-1-2-4-13(14)17/h6-9,13-14H,1-5,10H2,(H,18,19). The summed E-state index contributed by atoms with van der Waals surface area (Å²) in [4.78, 5) is 12.0. The highest BCUT2D eigenvalue weighted by Crippen LogP contribution is 2.22. The molecular formula is C15H19Cl2NO. The monoisotopic (exact) mass is 299 g/mol. The molecule has 0 radical (unpaired) electrons. The maximum atomic E-state index is 12.0. The fourth-order valence-electron chi connectivity index (χ4n) is 2.47. The highest BCUT2D eigenvalue weighted by atomic mass is 35.5. The molecule has 19 heavy (non-hydrogen) atoms. The van der Waals surface area contributed by atoms with Gasteiger partial charge in [-0.2, -0.15) is 0 Å². The summed E-state index contributed by atoms with van der Waals surface area (Å²) in [5.41, 5.74) is 0.974. The van der Waals surface area contributed by atoms with E-state index >= 15 is 0 Å². The molecule has 2 atom stereocenters. The largest absolute Gasteiger partial charge is 0.352 e. The van der Waals surface area contributed by atoms with Crippen LogP contribution in [0.1, 0.15) is 37.7 Å². The lowest BCUT2D eigenvalue weighted by Crippen LogP contribution is -2.41. The molecule has 1 N–H and O–H groups in total. The predicted octanol–water partition coefficient (Wildman–Crippen LogP) is 3.94. The third kappa shape index (κ3) is 4.70. The van der Waals surface area contributed by atoms with Gasteiger partial charge in [-0.25, -0.2) is 0 Å². The molecule has 0 aliphatic heterocycles. The van der Waals surface area contributed by atoms with E-state index in [1.807, 2.05) is 12.1 Å². The van der Waals surface area contributed by atoms with Crippen LogP contribution in [0.5, 0.6) is 0 Å². The summed E-state index contributed by atoms with van der Waals surface area (Å²) in [5, 5.41) is 3.82. The summed E-state index contributed by atoms with van der Waals surface area (Å²) in [6.07, 6.45) is 5.89. The van der Waals surface area contributed by atoms with Crippen LogP contribution in [-0.4, -0.2) is 17.3 Å². The number of benzene rings is 1. The van der Waals surface area contributed by atoms with Crippen molar-refractivity contribution >= 4 is 29.1 Å². The number of nitrogens with one attached hydrogen (secondary N) is 1. The lowest BCUT2D eigenvalue weighted by Gasteiger charge is -2.21. The van der Waals surface area contributed by atoms with E-state index in [-0.39, 0.29) is 17.3 Å². The molecule has 0 saturated heterocycles. The average Bonchev–Trinajstić information content (AvgIpc) is 2.58. The zero-order valence-electron chi connectivity index (χ0n) is 10.9. The van der Waals surface area contributed by atoms with Gasteiger partial charge in [0.1, 0.15) is 0 Å².